The predicted molar refractivity (Wildman–Crippen MR) is 68.9 cm³/mol. The molecule has 1 fully saturated rings. The molecule has 1 heterocycles. The van der Waals surface area contributed by atoms with E-state index in [2.05, 4.69) is 0 Å². The number of rotatable bonds is 2. The van der Waals surface area contributed by atoms with Gasteiger partial charge in [-0.1, -0.05) is 0 Å². The van der Waals surface area contributed by atoms with Crippen LogP contribution in [-0.2, 0) is 4.79 Å². The Morgan fingerprint density at radius 2 is 2.11 bits per heavy atom. The summed E-state index contributed by atoms with van der Waals surface area (Å²) in [4.78, 5) is 15.4. The summed E-state index contributed by atoms with van der Waals surface area (Å²) in [5.74, 6) is -0.229. The highest BCUT2D eigenvalue weighted by molar-refractivity contribution is 5.83. The van der Waals surface area contributed by atoms with Gasteiger partial charge in [-0.15, -0.1) is 0 Å². The Balaban J connectivity index is 2.30. The zero-order valence-electron chi connectivity index (χ0n) is 10.7. The third-order valence-corrected chi connectivity index (χ3v) is 3.28. The van der Waals surface area contributed by atoms with Crippen molar-refractivity contribution in [2.75, 3.05) is 31.6 Å². The molecule has 5 heteroatoms. The van der Waals surface area contributed by atoms with Gasteiger partial charge in [0.2, 0.25) is 5.91 Å². The van der Waals surface area contributed by atoms with E-state index in [4.69, 9.17) is 5.73 Å². The molecule has 1 atom stereocenters. The number of amides is 1. The van der Waals surface area contributed by atoms with Crippen molar-refractivity contribution in [3.8, 4) is 0 Å². The Hall–Kier alpha value is -1.62. The molecule has 1 saturated heterocycles. The van der Waals surface area contributed by atoms with Crippen LogP contribution >= 0.6 is 0 Å². The zero-order chi connectivity index (χ0) is 13.3. The summed E-state index contributed by atoms with van der Waals surface area (Å²) in [5, 5.41) is 0. The Kier molecular flexibility index (Phi) is 3.52. The zero-order valence-corrected chi connectivity index (χ0v) is 10.7. The minimum atomic E-state index is -0.300. The van der Waals surface area contributed by atoms with E-state index in [-0.39, 0.29) is 17.8 Å². The number of piperazine rings is 1. The van der Waals surface area contributed by atoms with E-state index < -0.39 is 0 Å². The Bertz CT molecular complexity index is 462. The van der Waals surface area contributed by atoms with Crippen LogP contribution in [0.4, 0.5) is 10.1 Å². The fourth-order valence-corrected chi connectivity index (χ4v) is 2.14. The van der Waals surface area contributed by atoms with E-state index in [1.54, 1.807) is 18.0 Å². The number of hydrogen-bond donors (Lipinski definition) is 1. The van der Waals surface area contributed by atoms with Crippen molar-refractivity contribution in [2.45, 2.75) is 13.0 Å². The molecule has 0 aliphatic carbocycles. The number of likely N-dealkylation sites (N-methyl/N-ethyl adjacent to an activating group) is 1. The summed E-state index contributed by atoms with van der Waals surface area (Å²) >= 11 is 0. The highest BCUT2D eigenvalue weighted by Crippen LogP contribution is 2.27. The lowest BCUT2D eigenvalue weighted by Crippen LogP contribution is -2.49. The van der Waals surface area contributed by atoms with Crippen molar-refractivity contribution in [2.24, 2.45) is 5.73 Å². The van der Waals surface area contributed by atoms with E-state index >= 15 is 0 Å². The van der Waals surface area contributed by atoms with Crippen LogP contribution in [0, 0.1) is 5.82 Å². The quantitative estimate of drug-likeness (QED) is 0.857. The van der Waals surface area contributed by atoms with E-state index in [0.29, 0.717) is 13.1 Å². The van der Waals surface area contributed by atoms with Gasteiger partial charge in [-0.05, 0) is 30.7 Å². The van der Waals surface area contributed by atoms with Crippen LogP contribution in [0.15, 0.2) is 18.2 Å². The second-order valence-electron chi connectivity index (χ2n) is 4.73. The standard InChI is InChI=1S/C13H18FN3O/c1-9(15)11-7-10(14)3-4-12(11)17-6-5-16(2)13(18)8-17/h3-4,7,9H,5-6,8,15H2,1-2H3/t9-/m0/s1. The number of nitrogens with two attached hydrogens (primary N) is 1. The van der Waals surface area contributed by atoms with Crippen LogP contribution in [0.3, 0.4) is 0 Å². The second-order valence-corrected chi connectivity index (χ2v) is 4.73. The highest BCUT2D eigenvalue weighted by atomic mass is 19.1. The van der Waals surface area contributed by atoms with Gasteiger partial charge in [-0.3, -0.25) is 4.79 Å². The molecule has 2 N–H and O–H groups in total. The van der Waals surface area contributed by atoms with Crippen molar-refractivity contribution in [1.82, 2.24) is 4.90 Å². The van der Waals surface area contributed by atoms with Crippen molar-refractivity contribution < 1.29 is 9.18 Å². The highest BCUT2D eigenvalue weighted by Gasteiger charge is 2.23. The van der Waals surface area contributed by atoms with E-state index in [1.165, 1.54) is 12.1 Å². The molecule has 1 amide bonds. The first kappa shape index (κ1) is 12.8. The summed E-state index contributed by atoms with van der Waals surface area (Å²) in [5.41, 5.74) is 7.46. The van der Waals surface area contributed by atoms with Crippen molar-refractivity contribution in [1.29, 1.82) is 0 Å². The number of halogens is 1. The summed E-state index contributed by atoms with van der Waals surface area (Å²) < 4.78 is 13.3. The van der Waals surface area contributed by atoms with Gasteiger partial charge >= 0.3 is 0 Å². The fourth-order valence-electron chi connectivity index (χ4n) is 2.14. The Morgan fingerprint density at radius 1 is 1.39 bits per heavy atom. The lowest BCUT2D eigenvalue weighted by Gasteiger charge is -2.35. The number of nitrogens with zero attached hydrogens (tertiary/aromatic N) is 2. The van der Waals surface area contributed by atoms with Crippen LogP contribution in [0.2, 0.25) is 0 Å². The molecule has 98 valence electrons. The second kappa shape index (κ2) is 4.94. The fraction of sp³-hybridized carbons (Fsp3) is 0.462. The molecule has 1 aromatic rings. The van der Waals surface area contributed by atoms with Gasteiger partial charge in [0, 0.05) is 31.9 Å². The van der Waals surface area contributed by atoms with Crippen LogP contribution in [0.1, 0.15) is 18.5 Å². The van der Waals surface area contributed by atoms with E-state index in [1.807, 2.05) is 11.8 Å². The molecular weight excluding hydrogens is 233 g/mol. The molecule has 0 radical (unpaired) electrons. The normalized spacial score (nSPS) is 18.1. The van der Waals surface area contributed by atoms with E-state index in [0.717, 1.165) is 17.8 Å². The monoisotopic (exact) mass is 251 g/mol. The molecule has 0 bridgehead atoms. The maximum Gasteiger partial charge on any atom is 0.241 e. The minimum absolute atomic E-state index is 0.0706. The topological polar surface area (TPSA) is 49.6 Å². The maximum absolute atomic E-state index is 13.3. The largest absolute Gasteiger partial charge is 0.360 e. The third kappa shape index (κ3) is 2.46. The Morgan fingerprint density at radius 3 is 2.72 bits per heavy atom. The molecule has 0 unspecified atom stereocenters. The first-order valence-electron chi connectivity index (χ1n) is 6.03. The van der Waals surface area contributed by atoms with Crippen LogP contribution in [0.5, 0.6) is 0 Å². The molecule has 0 aromatic heterocycles. The molecule has 1 aliphatic rings. The van der Waals surface area contributed by atoms with Crippen LogP contribution in [-0.4, -0.2) is 37.5 Å². The van der Waals surface area contributed by atoms with Crippen LogP contribution < -0.4 is 10.6 Å². The predicted octanol–water partition coefficient (Wildman–Crippen LogP) is 1.12. The SMILES string of the molecule is C[C@H](N)c1cc(F)ccc1N1CCN(C)C(=O)C1. The molecule has 1 aliphatic heterocycles. The van der Waals surface area contributed by atoms with Crippen molar-refractivity contribution in [3.63, 3.8) is 0 Å². The summed E-state index contributed by atoms with van der Waals surface area (Å²) in [7, 11) is 1.79. The van der Waals surface area contributed by atoms with Crippen molar-refractivity contribution >= 4 is 11.6 Å². The molecule has 18 heavy (non-hydrogen) atoms. The third-order valence-electron chi connectivity index (χ3n) is 3.28. The van der Waals surface area contributed by atoms with Gasteiger partial charge < -0.3 is 15.5 Å². The molecule has 1 aromatic carbocycles. The lowest BCUT2D eigenvalue weighted by atomic mass is 10.0. The minimum Gasteiger partial charge on any atom is -0.360 e. The average Bonchev–Trinajstić information content (AvgIpc) is 2.32. The molecule has 0 spiro atoms. The van der Waals surface area contributed by atoms with Crippen molar-refractivity contribution in [3.05, 3.63) is 29.6 Å². The van der Waals surface area contributed by atoms with E-state index in [9.17, 15) is 9.18 Å². The van der Waals surface area contributed by atoms with Gasteiger partial charge in [0.1, 0.15) is 5.82 Å². The van der Waals surface area contributed by atoms with Gasteiger partial charge in [-0.25, -0.2) is 4.39 Å². The first-order valence-corrected chi connectivity index (χ1v) is 6.03. The van der Waals surface area contributed by atoms with Gasteiger partial charge in [0.05, 0.1) is 6.54 Å². The average molecular weight is 251 g/mol. The molecular formula is C13H18FN3O. The Labute approximate surface area is 106 Å². The summed E-state index contributed by atoms with van der Waals surface area (Å²) in [6.07, 6.45) is 0. The number of carbonyl (C=O) groups is 1. The molecule has 2 rings (SSSR count). The first-order chi connectivity index (χ1) is 8.49. The van der Waals surface area contributed by atoms with Gasteiger partial charge in [0.25, 0.3) is 0 Å². The van der Waals surface area contributed by atoms with Gasteiger partial charge in [0.15, 0.2) is 0 Å². The summed E-state index contributed by atoms with van der Waals surface area (Å²) in [6, 6.07) is 4.30. The lowest BCUT2D eigenvalue weighted by molar-refractivity contribution is -0.129. The van der Waals surface area contributed by atoms with Gasteiger partial charge in [-0.2, -0.15) is 0 Å². The smallest absolute Gasteiger partial charge is 0.241 e. The number of hydrogen-bond acceptors (Lipinski definition) is 3. The number of anilines is 1. The summed E-state index contributed by atoms with van der Waals surface area (Å²) in [6.45, 7) is 3.56. The number of carbonyl (C=O) groups excluding carboxylic acids is 1. The molecule has 0 saturated carbocycles. The van der Waals surface area contributed by atoms with Crippen LogP contribution in [0.25, 0.3) is 0 Å². The molecule has 4 nitrogen and oxygen atoms in total. The maximum atomic E-state index is 13.3. The number of benzene rings is 1.